The van der Waals surface area contributed by atoms with E-state index >= 15 is 0 Å². The molecule has 0 bridgehead atoms. The van der Waals surface area contributed by atoms with E-state index in [2.05, 4.69) is 21.5 Å². The number of hydrogen-bond donors (Lipinski definition) is 1. The molecule has 1 amide bonds. The number of benzene rings is 2. The lowest BCUT2D eigenvalue weighted by atomic mass is 9.90. The van der Waals surface area contributed by atoms with Crippen LogP contribution in [-0.4, -0.2) is 38.8 Å². The molecule has 2 N–H and O–H groups in total. The molecular weight excluding hydrogens is 483 g/mol. The summed E-state index contributed by atoms with van der Waals surface area (Å²) in [6.07, 6.45) is 1.80. The van der Waals surface area contributed by atoms with Crippen molar-refractivity contribution in [3.8, 4) is 22.8 Å². The maximum absolute atomic E-state index is 13.0. The number of hydrogen-bond acceptors (Lipinski definition) is 6. The number of halogens is 3. The van der Waals surface area contributed by atoms with Crippen molar-refractivity contribution >= 4 is 22.5 Å². The Morgan fingerprint density at radius 1 is 1.16 bits per heavy atom. The fourth-order valence-corrected chi connectivity index (χ4v) is 4.56. The lowest BCUT2D eigenvalue weighted by Crippen LogP contribution is -2.26. The molecular formula is C27H22F3N5O2. The monoisotopic (exact) mass is 505 g/mol. The molecule has 3 heterocycles. The van der Waals surface area contributed by atoms with Gasteiger partial charge >= 0.3 is 6.18 Å². The molecule has 5 rings (SSSR count). The number of aromatic nitrogens is 3. The van der Waals surface area contributed by atoms with Crippen LogP contribution in [0.25, 0.3) is 22.0 Å². The molecule has 1 unspecified atom stereocenters. The van der Waals surface area contributed by atoms with Gasteiger partial charge in [-0.15, -0.1) is 0 Å². The number of nitrogens with two attached hydrogens (primary N) is 1. The largest absolute Gasteiger partial charge is 0.439 e. The average molecular weight is 506 g/mol. The fraction of sp³-hybridized carbons (Fsp3) is 0.185. The number of rotatable bonds is 5. The van der Waals surface area contributed by atoms with Gasteiger partial charge in [0.1, 0.15) is 12.1 Å². The number of carbonyl (C=O) groups is 1. The summed E-state index contributed by atoms with van der Waals surface area (Å²) in [6, 6.07) is 10.6. The Kier molecular flexibility index (Phi) is 6.24. The van der Waals surface area contributed by atoms with Crippen molar-refractivity contribution in [2.45, 2.75) is 18.5 Å². The maximum Gasteiger partial charge on any atom is 0.416 e. The van der Waals surface area contributed by atoms with Crippen molar-refractivity contribution in [1.29, 1.82) is 0 Å². The van der Waals surface area contributed by atoms with E-state index in [9.17, 15) is 18.0 Å². The molecule has 188 valence electrons. The standard InChI is InChI=1S/C27H22F3N5O2/c1-2-24(36)35-10-8-17(14-35)21-12-20(25(31)22-13-32-15-34-26(21)22)16-3-5-19(6-4-16)37-23-11-18(7-9-33-23)27(28,29)30/h2-7,9,11-13,15,17H,1,8,10,14,31H2. The topological polar surface area (TPSA) is 94.2 Å². The number of carbonyl (C=O) groups excluding carboxylic acids is 1. The summed E-state index contributed by atoms with van der Waals surface area (Å²) < 4.78 is 44.5. The summed E-state index contributed by atoms with van der Waals surface area (Å²) in [5.74, 6) is 0.123. The number of nitrogens with zero attached hydrogens (tertiary/aromatic N) is 4. The van der Waals surface area contributed by atoms with Gasteiger partial charge in [-0.05, 0) is 47.9 Å². The smallest absolute Gasteiger partial charge is 0.416 e. The van der Waals surface area contributed by atoms with Gasteiger partial charge in [-0.1, -0.05) is 18.7 Å². The van der Waals surface area contributed by atoms with E-state index in [1.54, 1.807) is 35.4 Å². The van der Waals surface area contributed by atoms with E-state index in [-0.39, 0.29) is 17.7 Å². The first-order valence-corrected chi connectivity index (χ1v) is 11.5. The predicted octanol–water partition coefficient (Wildman–Crippen LogP) is 5.59. The Morgan fingerprint density at radius 2 is 1.95 bits per heavy atom. The van der Waals surface area contributed by atoms with Crippen molar-refractivity contribution in [2.75, 3.05) is 18.8 Å². The molecule has 0 aliphatic carbocycles. The summed E-state index contributed by atoms with van der Waals surface area (Å²) in [5, 5.41) is 0.706. The number of amides is 1. The van der Waals surface area contributed by atoms with Crippen molar-refractivity contribution in [3.63, 3.8) is 0 Å². The minimum absolute atomic E-state index is 0.0650. The minimum atomic E-state index is -4.49. The van der Waals surface area contributed by atoms with Gasteiger partial charge in [0.25, 0.3) is 0 Å². The van der Waals surface area contributed by atoms with Gasteiger partial charge in [0.2, 0.25) is 11.8 Å². The van der Waals surface area contributed by atoms with Crippen LogP contribution in [-0.2, 0) is 11.0 Å². The molecule has 7 nitrogen and oxygen atoms in total. The molecule has 2 aromatic carbocycles. The zero-order valence-corrected chi connectivity index (χ0v) is 19.6. The highest BCUT2D eigenvalue weighted by atomic mass is 19.4. The Morgan fingerprint density at radius 3 is 2.68 bits per heavy atom. The Balaban J connectivity index is 1.47. The molecule has 37 heavy (non-hydrogen) atoms. The zero-order chi connectivity index (χ0) is 26.2. The van der Waals surface area contributed by atoms with E-state index in [1.807, 2.05) is 6.07 Å². The molecule has 1 aliphatic heterocycles. The SMILES string of the molecule is C=CC(=O)N1CCC(c2cc(-c3ccc(Oc4cc(C(F)(F)F)ccn4)cc3)c(N)c3cncnc23)C1. The van der Waals surface area contributed by atoms with Gasteiger partial charge in [-0.3, -0.25) is 4.79 Å². The van der Waals surface area contributed by atoms with E-state index in [0.717, 1.165) is 47.0 Å². The van der Waals surface area contributed by atoms with Crippen LogP contribution in [0.3, 0.4) is 0 Å². The van der Waals surface area contributed by atoms with Crippen LogP contribution in [0.4, 0.5) is 18.9 Å². The number of anilines is 1. The summed E-state index contributed by atoms with van der Waals surface area (Å²) in [6.45, 7) is 4.74. The second kappa shape index (κ2) is 9.53. The highest BCUT2D eigenvalue weighted by Gasteiger charge is 2.31. The number of nitrogen functional groups attached to an aromatic ring is 1. The number of ether oxygens (including phenoxy) is 1. The van der Waals surface area contributed by atoms with E-state index in [4.69, 9.17) is 10.5 Å². The number of fused-ring (bicyclic) bond motifs is 1. The van der Waals surface area contributed by atoms with Crippen molar-refractivity contribution in [1.82, 2.24) is 19.9 Å². The first-order chi connectivity index (χ1) is 17.7. The molecule has 0 saturated carbocycles. The maximum atomic E-state index is 13.0. The lowest BCUT2D eigenvalue weighted by Gasteiger charge is -2.18. The molecule has 0 radical (unpaired) electrons. The van der Waals surface area contributed by atoms with Crippen LogP contribution in [0.15, 0.2) is 73.8 Å². The summed E-state index contributed by atoms with van der Waals surface area (Å²) in [4.78, 5) is 26.4. The van der Waals surface area contributed by atoms with Crippen molar-refractivity contribution in [2.24, 2.45) is 0 Å². The molecule has 1 atom stereocenters. The van der Waals surface area contributed by atoms with Crippen molar-refractivity contribution in [3.05, 3.63) is 85.0 Å². The van der Waals surface area contributed by atoms with Crippen LogP contribution in [0.2, 0.25) is 0 Å². The van der Waals surface area contributed by atoms with E-state index in [0.29, 0.717) is 29.9 Å². The van der Waals surface area contributed by atoms with Gasteiger partial charge in [0.05, 0.1) is 16.8 Å². The highest BCUT2D eigenvalue weighted by Crippen LogP contribution is 2.40. The Labute approximate surface area is 210 Å². The first-order valence-electron chi connectivity index (χ1n) is 11.5. The molecule has 1 saturated heterocycles. The molecule has 10 heteroatoms. The average Bonchev–Trinajstić information content (AvgIpc) is 3.39. The number of likely N-dealkylation sites (tertiary alicyclic amines) is 1. The van der Waals surface area contributed by atoms with Crippen LogP contribution in [0, 0.1) is 0 Å². The normalized spacial score (nSPS) is 15.6. The van der Waals surface area contributed by atoms with Gasteiger partial charge in [0.15, 0.2) is 0 Å². The minimum Gasteiger partial charge on any atom is -0.439 e. The Hall–Kier alpha value is -4.47. The lowest BCUT2D eigenvalue weighted by molar-refractivity contribution is -0.137. The van der Waals surface area contributed by atoms with E-state index in [1.165, 1.54) is 12.4 Å². The van der Waals surface area contributed by atoms with Gasteiger partial charge in [-0.2, -0.15) is 13.2 Å². The second-order valence-electron chi connectivity index (χ2n) is 8.69. The van der Waals surface area contributed by atoms with Crippen molar-refractivity contribution < 1.29 is 22.7 Å². The van der Waals surface area contributed by atoms with Gasteiger partial charge in [-0.25, -0.2) is 15.0 Å². The Bertz CT molecular complexity index is 1490. The van der Waals surface area contributed by atoms with Crippen LogP contribution in [0.1, 0.15) is 23.5 Å². The second-order valence-corrected chi connectivity index (χ2v) is 8.69. The van der Waals surface area contributed by atoms with E-state index < -0.39 is 11.7 Å². The third-order valence-corrected chi connectivity index (χ3v) is 6.43. The molecule has 0 spiro atoms. The number of pyridine rings is 1. The summed E-state index contributed by atoms with van der Waals surface area (Å²) in [7, 11) is 0. The van der Waals surface area contributed by atoms with Crippen LogP contribution >= 0.6 is 0 Å². The molecule has 4 aromatic rings. The van der Waals surface area contributed by atoms with Crippen LogP contribution in [0.5, 0.6) is 11.6 Å². The number of alkyl halides is 3. The summed E-state index contributed by atoms with van der Waals surface area (Å²) >= 11 is 0. The fourth-order valence-electron chi connectivity index (χ4n) is 4.56. The quantitative estimate of drug-likeness (QED) is 0.281. The third-order valence-electron chi connectivity index (χ3n) is 6.43. The molecule has 2 aromatic heterocycles. The molecule has 1 aliphatic rings. The highest BCUT2D eigenvalue weighted by molar-refractivity contribution is 6.00. The summed E-state index contributed by atoms with van der Waals surface area (Å²) in [5.41, 5.74) is 9.44. The van der Waals surface area contributed by atoms with Gasteiger partial charge < -0.3 is 15.4 Å². The van der Waals surface area contributed by atoms with Crippen LogP contribution < -0.4 is 10.5 Å². The molecule has 1 fully saturated rings. The predicted molar refractivity (Wildman–Crippen MR) is 133 cm³/mol. The van der Waals surface area contributed by atoms with Gasteiger partial charge in [0, 0.05) is 48.4 Å². The first kappa shape index (κ1) is 24.2. The third kappa shape index (κ3) is 4.82. The zero-order valence-electron chi connectivity index (χ0n) is 19.6.